The van der Waals surface area contributed by atoms with Crippen molar-refractivity contribution in [2.24, 2.45) is 0 Å². The van der Waals surface area contributed by atoms with E-state index in [-0.39, 0.29) is 18.9 Å². The van der Waals surface area contributed by atoms with Gasteiger partial charge in [-0.1, -0.05) is 12.1 Å². The first-order chi connectivity index (χ1) is 8.99. The van der Waals surface area contributed by atoms with E-state index >= 15 is 0 Å². The summed E-state index contributed by atoms with van der Waals surface area (Å²) in [5, 5.41) is 9.64. The maximum Gasteiger partial charge on any atom is 0.297 e. The SMILES string of the molecule is OCCCC(CC(F)(F)I)c1nc2ccccc2s1. The van der Waals surface area contributed by atoms with Crippen LogP contribution in [0.1, 0.15) is 30.2 Å². The first-order valence-electron chi connectivity index (χ1n) is 6.02. The van der Waals surface area contributed by atoms with Crippen molar-refractivity contribution in [1.82, 2.24) is 4.98 Å². The molecule has 1 atom stereocenters. The van der Waals surface area contributed by atoms with Crippen LogP contribution in [0.5, 0.6) is 0 Å². The number of hydrogen-bond acceptors (Lipinski definition) is 3. The number of para-hydroxylation sites is 1. The molecule has 19 heavy (non-hydrogen) atoms. The number of aliphatic hydroxyl groups is 1. The van der Waals surface area contributed by atoms with Crippen LogP contribution in [0.25, 0.3) is 10.2 Å². The highest BCUT2D eigenvalue weighted by atomic mass is 127. The van der Waals surface area contributed by atoms with E-state index in [9.17, 15) is 8.78 Å². The average molecular weight is 397 g/mol. The Labute approximate surface area is 128 Å². The maximum absolute atomic E-state index is 13.2. The molecule has 1 unspecified atom stereocenters. The van der Waals surface area contributed by atoms with E-state index in [1.807, 2.05) is 24.3 Å². The predicted octanol–water partition coefficient (Wildman–Crippen LogP) is 4.57. The zero-order chi connectivity index (χ0) is 13.9. The molecule has 0 amide bonds. The second-order valence-corrected chi connectivity index (χ2v) is 7.04. The summed E-state index contributed by atoms with van der Waals surface area (Å²) in [6, 6.07) is 7.64. The lowest BCUT2D eigenvalue weighted by Gasteiger charge is -2.17. The van der Waals surface area contributed by atoms with Crippen molar-refractivity contribution >= 4 is 44.1 Å². The van der Waals surface area contributed by atoms with Crippen LogP contribution < -0.4 is 0 Å². The number of rotatable bonds is 6. The van der Waals surface area contributed by atoms with Crippen LogP contribution in [0.3, 0.4) is 0 Å². The number of alkyl halides is 3. The zero-order valence-corrected chi connectivity index (χ0v) is 13.1. The standard InChI is InChI=1S/C13H14F2INOS/c14-13(15,16)8-9(4-3-7-18)12-17-10-5-1-2-6-11(10)19-12/h1-2,5-6,9,18H,3-4,7-8H2. The molecule has 2 rings (SSSR count). The topological polar surface area (TPSA) is 33.1 Å². The number of hydrogen-bond donors (Lipinski definition) is 1. The third-order valence-electron chi connectivity index (χ3n) is 2.85. The fraction of sp³-hybridized carbons (Fsp3) is 0.462. The molecular weight excluding hydrogens is 383 g/mol. The van der Waals surface area contributed by atoms with E-state index in [0.717, 1.165) is 15.2 Å². The number of aliphatic hydroxyl groups excluding tert-OH is 1. The summed E-state index contributed by atoms with van der Waals surface area (Å²) in [6.07, 6.45) is 0.829. The molecule has 0 saturated heterocycles. The van der Waals surface area contributed by atoms with Crippen LogP contribution in [-0.2, 0) is 0 Å². The third-order valence-corrected chi connectivity index (χ3v) is 4.49. The van der Waals surface area contributed by atoms with Crippen molar-refractivity contribution in [1.29, 1.82) is 0 Å². The second kappa shape index (κ2) is 6.41. The highest BCUT2D eigenvalue weighted by molar-refractivity contribution is 14.1. The molecule has 0 bridgehead atoms. The molecule has 2 aromatic rings. The lowest BCUT2D eigenvalue weighted by Crippen LogP contribution is -2.12. The molecule has 104 valence electrons. The van der Waals surface area contributed by atoms with E-state index < -0.39 is 3.93 Å². The lowest BCUT2D eigenvalue weighted by molar-refractivity contribution is 0.104. The molecule has 0 spiro atoms. The zero-order valence-electron chi connectivity index (χ0n) is 10.2. The smallest absolute Gasteiger partial charge is 0.297 e. The van der Waals surface area contributed by atoms with Crippen LogP contribution in [-0.4, -0.2) is 20.6 Å². The summed E-state index contributed by atoms with van der Waals surface area (Å²) in [5.74, 6) is -0.295. The normalized spacial score (nSPS) is 13.9. The quantitative estimate of drug-likeness (QED) is 0.572. The van der Waals surface area contributed by atoms with Gasteiger partial charge in [0, 0.05) is 18.9 Å². The number of aromatic nitrogens is 1. The number of benzene rings is 1. The molecular formula is C13H14F2INOS. The van der Waals surface area contributed by atoms with Crippen molar-refractivity contribution in [3.05, 3.63) is 29.3 Å². The molecule has 0 aliphatic carbocycles. The van der Waals surface area contributed by atoms with E-state index in [1.54, 1.807) is 0 Å². The maximum atomic E-state index is 13.2. The summed E-state index contributed by atoms with van der Waals surface area (Å²) in [7, 11) is 0. The van der Waals surface area contributed by atoms with Gasteiger partial charge in [0.15, 0.2) is 0 Å². The highest BCUT2D eigenvalue weighted by Crippen LogP contribution is 2.39. The second-order valence-electron chi connectivity index (χ2n) is 4.40. The summed E-state index contributed by atoms with van der Waals surface area (Å²) in [6.45, 7) is 0.0220. The number of fused-ring (bicyclic) bond motifs is 1. The molecule has 1 heterocycles. The molecule has 0 aliphatic rings. The Bertz CT molecular complexity index is 508. The molecule has 0 radical (unpaired) electrons. The van der Waals surface area contributed by atoms with E-state index in [4.69, 9.17) is 5.11 Å². The molecule has 6 heteroatoms. The Kier molecular flexibility index (Phi) is 5.08. The van der Waals surface area contributed by atoms with E-state index in [1.165, 1.54) is 33.9 Å². The van der Waals surface area contributed by atoms with Gasteiger partial charge >= 0.3 is 0 Å². The molecule has 2 nitrogen and oxygen atoms in total. The fourth-order valence-electron chi connectivity index (χ4n) is 1.99. The van der Waals surface area contributed by atoms with Crippen LogP contribution in [0.4, 0.5) is 8.78 Å². The van der Waals surface area contributed by atoms with Gasteiger partial charge in [0.1, 0.15) is 0 Å². The Hall–Kier alpha value is -0.340. The average Bonchev–Trinajstić information content (AvgIpc) is 2.76. The molecule has 1 N–H and O–H groups in total. The first kappa shape index (κ1) is 15.1. The molecule has 1 aromatic carbocycles. The minimum absolute atomic E-state index is 0.0220. The van der Waals surface area contributed by atoms with Gasteiger partial charge < -0.3 is 5.11 Å². The Morgan fingerprint density at radius 2 is 2.11 bits per heavy atom. The van der Waals surface area contributed by atoms with Crippen molar-refractivity contribution in [2.75, 3.05) is 6.61 Å². The van der Waals surface area contributed by atoms with Crippen LogP contribution >= 0.6 is 33.9 Å². The van der Waals surface area contributed by atoms with Crippen LogP contribution in [0.15, 0.2) is 24.3 Å². The minimum Gasteiger partial charge on any atom is -0.396 e. The summed E-state index contributed by atoms with van der Waals surface area (Å²) in [4.78, 5) is 4.45. The van der Waals surface area contributed by atoms with Gasteiger partial charge in [-0.15, -0.1) is 11.3 Å². The molecule has 0 aliphatic heterocycles. The first-order valence-corrected chi connectivity index (χ1v) is 7.92. The number of halogens is 3. The van der Waals surface area contributed by atoms with Gasteiger partial charge in [-0.3, -0.25) is 0 Å². The van der Waals surface area contributed by atoms with Gasteiger partial charge in [0.05, 0.1) is 15.2 Å². The van der Waals surface area contributed by atoms with Crippen LogP contribution in [0, 0.1) is 0 Å². The Morgan fingerprint density at radius 1 is 1.37 bits per heavy atom. The van der Waals surface area contributed by atoms with Crippen molar-refractivity contribution in [3.8, 4) is 0 Å². The summed E-state index contributed by atoms with van der Waals surface area (Å²) >= 11 is 2.64. The largest absolute Gasteiger partial charge is 0.396 e. The number of thiazole rings is 1. The van der Waals surface area contributed by atoms with Gasteiger partial charge in [-0.2, -0.15) is 8.78 Å². The summed E-state index contributed by atoms with van der Waals surface area (Å²) < 4.78 is 24.8. The fourth-order valence-corrected chi connectivity index (χ4v) is 3.63. The Balaban J connectivity index is 2.25. The van der Waals surface area contributed by atoms with Crippen LogP contribution in [0.2, 0.25) is 0 Å². The van der Waals surface area contributed by atoms with E-state index in [0.29, 0.717) is 12.8 Å². The number of nitrogens with zero attached hydrogens (tertiary/aromatic N) is 1. The molecule has 1 aromatic heterocycles. The molecule has 0 fully saturated rings. The summed E-state index contributed by atoms with van der Waals surface area (Å²) in [5.41, 5.74) is 0.855. The van der Waals surface area contributed by atoms with Crippen molar-refractivity contribution in [3.63, 3.8) is 0 Å². The highest BCUT2D eigenvalue weighted by Gasteiger charge is 2.31. The molecule has 0 saturated carbocycles. The minimum atomic E-state index is -2.74. The third kappa shape index (κ3) is 4.32. The van der Waals surface area contributed by atoms with Gasteiger partial charge in [-0.05, 0) is 47.6 Å². The predicted molar refractivity (Wildman–Crippen MR) is 82.3 cm³/mol. The lowest BCUT2D eigenvalue weighted by atomic mass is 10.0. The van der Waals surface area contributed by atoms with Crippen molar-refractivity contribution in [2.45, 2.75) is 29.1 Å². The van der Waals surface area contributed by atoms with Gasteiger partial charge in [-0.25, -0.2) is 4.98 Å². The van der Waals surface area contributed by atoms with Crippen molar-refractivity contribution < 1.29 is 13.9 Å². The van der Waals surface area contributed by atoms with E-state index in [2.05, 4.69) is 4.98 Å². The van der Waals surface area contributed by atoms with Gasteiger partial charge in [0.2, 0.25) is 0 Å². The monoisotopic (exact) mass is 397 g/mol. The van der Waals surface area contributed by atoms with Gasteiger partial charge in [0.25, 0.3) is 3.93 Å². The Morgan fingerprint density at radius 3 is 2.74 bits per heavy atom.